The molecule has 0 aliphatic heterocycles. The molecule has 0 N–H and O–H groups in total. The van der Waals surface area contributed by atoms with Crippen molar-refractivity contribution in [2.24, 2.45) is 0 Å². The van der Waals surface area contributed by atoms with Gasteiger partial charge >= 0.3 is 0 Å². The number of aryl methyl sites for hydroxylation is 1. The van der Waals surface area contributed by atoms with Crippen molar-refractivity contribution < 1.29 is 4.79 Å². The summed E-state index contributed by atoms with van der Waals surface area (Å²) < 4.78 is 0. The normalized spacial score (nSPS) is 14.1. The summed E-state index contributed by atoms with van der Waals surface area (Å²) in [5.41, 5.74) is 2.79. The lowest BCUT2D eigenvalue weighted by atomic mass is 10.1. The van der Waals surface area contributed by atoms with E-state index in [1.807, 2.05) is 42.2 Å². The second kappa shape index (κ2) is 5.45. The Balaban J connectivity index is 1.80. The van der Waals surface area contributed by atoms with Gasteiger partial charge in [-0.05, 0) is 37.5 Å². The number of hydrogen-bond acceptors (Lipinski definition) is 2. The van der Waals surface area contributed by atoms with Crippen LogP contribution in [0.15, 0.2) is 48.7 Å². The summed E-state index contributed by atoms with van der Waals surface area (Å²) in [7, 11) is 0. The quantitative estimate of drug-likeness (QED) is 0.851. The van der Waals surface area contributed by atoms with E-state index in [2.05, 4.69) is 17.1 Å². The van der Waals surface area contributed by atoms with Crippen LogP contribution in [0.25, 0.3) is 0 Å². The molecule has 1 aromatic heterocycles. The molecule has 3 rings (SSSR count). The summed E-state index contributed by atoms with van der Waals surface area (Å²) in [4.78, 5) is 18.8. The van der Waals surface area contributed by atoms with Crippen molar-refractivity contribution in [3.63, 3.8) is 0 Å². The molecule has 1 fully saturated rings. The Morgan fingerprint density at radius 3 is 2.55 bits per heavy atom. The number of amides is 1. The van der Waals surface area contributed by atoms with Gasteiger partial charge in [-0.2, -0.15) is 0 Å². The van der Waals surface area contributed by atoms with Crippen LogP contribution in [0.4, 0.5) is 0 Å². The second-order valence-corrected chi connectivity index (χ2v) is 5.34. The molecule has 3 nitrogen and oxygen atoms in total. The smallest absolute Gasteiger partial charge is 0.255 e. The zero-order chi connectivity index (χ0) is 13.9. The third-order valence-corrected chi connectivity index (χ3v) is 3.60. The lowest BCUT2D eigenvalue weighted by Gasteiger charge is -2.22. The molecule has 1 aromatic carbocycles. The third kappa shape index (κ3) is 2.87. The number of benzene rings is 1. The summed E-state index contributed by atoms with van der Waals surface area (Å²) in [6.45, 7) is 2.61. The van der Waals surface area contributed by atoms with Crippen LogP contribution in [-0.2, 0) is 6.54 Å². The van der Waals surface area contributed by atoms with E-state index in [1.54, 1.807) is 6.20 Å². The molecule has 20 heavy (non-hydrogen) atoms. The highest BCUT2D eigenvalue weighted by Gasteiger charge is 2.33. The van der Waals surface area contributed by atoms with E-state index in [4.69, 9.17) is 0 Å². The molecule has 0 atom stereocenters. The molecule has 1 saturated carbocycles. The van der Waals surface area contributed by atoms with E-state index in [1.165, 1.54) is 5.56 Å². The zero-order valence-corrected chi connectivity index (χ0v) is 11.6. The average molecular weight is 266 g/mol. The van der Waals surface area contributed by atoms with E-state index >= 15 is 0 Å². The van der Waals surface area contributed by atoms with Gasteiger partial charge < -0.3 is 4.90 Å². The van der Waals surface area contributed by atoms with Gasteiger partial charge in [0.15, 0.2) is 0 Å². The first-order valence-electron chi connectivity index (χ1n) is 7.01. The number of carbonyl (C=O) groups excluding carboxylic acids is 1. The first-order chi connectivity index (χ1) is 9.74. The van der Waals surface area contributed by atoms with Crippen LogP contribution in [0.1, 0.15) is 34.5 Å². The largest absolute Gasteiger partial charge is 0.331 e. The van der Waals surface area contributed by atoms with Gasteiger partial charge in [-0.15, -0.1) is 0 Å². The molecule has 1 aliphatic rings. The maximum atomic E-state index is 12.6. The predicted molar refractivity (Wildman–Crippen MR) is 78.3 cm³/mol. The molecular weight excluding hydrogens is 248 g/mol. The Kier molecular flexibility index (Phi) is 3.50. The zero-order valence-electron chi connectivity index (χ0n) is 11.6. The highest BCUT2D eigenvalue weighted by molar-refractivity contribution is 5.94. The molecule has 1 amide bonds. The minimum atomic E-state index is 0.0869. The van der Waals surface area contributed by atoms with Crippen LogP contribution in [0.3, 0.4) is 0 Å². The number of carbonyl (C=O) groups is 1. The minimum Gasteiger partial charge on any atom is -0.331 e. The maximum Gasteiger partial charge on any atom is 0.255 e. The minimum absolute atomic E-state index is 0.0869. The molecule has 1 aliphatic carbocycles. The van der Waals surface area contributed by atoms with E-state index < -0.39 is 0 Å². The van der Waals surface area contributed by atoms with Crippen molar-refractivity contribution in [2.45, 2.75) is 32.4 Å². The van der Waals surface area contributed by atoms with Crippen LogP contribution in [0.5, 0.6) is 0 Å². The first kappa shape index (κ1) is 12.9. The molecule has 0 spiro atoms. The van der Waals surface area contributed by atoms with Crippen LogP contribution >= 0.6 is 0 Å². The summed E-state index contributed by atoms with van der Waals surface area (Å²) >= 11 is 0. The second-order valence-electron chi connectivity index (χ2n) is 5.34. The average Bonchev–Trinajstić information content (AvgIpc) is 3.30. The summed E-state index contributed by atoms with van der Waals surface area (Å²) in [6, 6.07) is 14.3. The number of hydrogen-bond donors (Lipinski definition) is 0. The van der Waals surface area contributed by atoms with Gasteiger partial charge in [0, 0.05) is 24.5 Å². The fraction of sp³-hybridized carbons (Fsp3) is 0.294. The van der Waals surface area contributed by atoms with Crippen molar-refractivity contribution >= 4 is 5.91 Å². The Morgan fingerprint density at radius 1 is 1.20 bits per heavy atom. The molecule has 1 heterocycles. The number of aromatic nitrogens is 1. The number of nitrogens with zero attached hydrogens (tertiary/aromatic N) is 2. The van der Waals surface area contributed by atoms with Crippen molar-refractivity contribution in [1.82, 2.24) is 9.88 Å². The van der Waals surface area contributed by atoms with Gasteiger partial charge in [0.1, 0.15) is 0 Å². The van der Waals surface area contributed by atoms with Crippen LogP contribution < -0.4 is 0 Å². The number of rotatable bonds is 4. The van der Waals surface area contributed by atoms with Gasteiger partial charge in [-0.1, -0.05) is 30.3 Å². The predicted octanol–water partition coefficient (Wildman–Crippen LogP) is 3.19. The topological polar surface area (TPSA) is 33.2 Å². The Labute approximate surface area is 119 Å². The van der Waals surface area contributed by atoms with E-state index in [0.29, 0.717) is 18.2 Å². The van der Waals surface area contributed by atoms with E-state index in [9.17, 15) is 4.79 Å². The van der Waals surface area contributed by atoms with Gasteiger partial charge in [0.05, 0.1) is 5.56 Å². The molecule has 0 saturated heterocycles. The van der Waals surface area contributed by atoms with Crippen molar-refractivity contribution in [1.29, 1.82) is 0 Å². The molecular formula is C17H18N2O. The van der Waals surface area contributed by atoms with Gasteiger partial charge in [-0.3, -0.25) is 9.78 Å². The molecule has 102 valence electrons. The van der Waals surface area contributed by atoms with Crippen molar-refractivity contribution in [3.05, 3.63) is 65.5 Å². The van der Waals surface area contributed by atoms with Crippen molar-refractivity contribution in [3.8, 4) is 0 Å². The SMILES string of the molecule is Cc1ccc(C(=O)N(Cc2ccccc2)C2CC2)cn1. The molecule has 0 radical (unpaired) electrons. The molecule has 2 aromatic rings. The van der Waals surface area contributed by atoms with Gasteiger partial charge in [0.2, 0.25) is 0 Å². The van der Waals surface area contributed by atoms with E-state index in [-0.39, 0.29) is 5.91 Å². The standard InChI is InChI=1S/C17H18N2O/c1-13-7-8-15(11-18-13)17(20)19(16-9-10-16)12-14-5-3-2-4-6-14/h2-8,11,16H,9-10,12H2,1H3. The molecule has 0 bridgehead atoms. The Bertz CT molecular complexity index is 588. The maximum absolute atomic E-state index is 12.6. The summed E-state index contributed by atoms with van der Waals surface area (Å²) in [5.74, 6) is 0.0869. The monoisotopic (exact) mass is 266 g/mol. The van der Waals surface area contributed by atoms with Crippen LogP contribution in [0, 0.1) is 6.92 Å². The lowest BCUT2D eigenvalue weighted by molar-refractivity contribution is 0.0729. The summed E-state index contributed by atoms with van der Waals surface area (Å²) in [5, 5.41) is 0. The molecule has 0 unspecified atom stereocenters. The lowest BCUT2D eigenvalue weighted by Crippen LogP contribution is -2.32. The number of pyridine rings is 1. The van der Waals surface area contributed by atoms with Gasteiger partial charge in [-0.25, -0.2) is 0 Å². The van der Waals surface area contributed by atoms with Crippen LogP contribution in [-0.4, -0.2) is 21.8 Å². The van der Waals surface area contributed by atoms with Crippen LogP contribution in [0.2, 0.25) is 0 Å². The highest BCUT2D eigenvalue weighted by Crippen LogP contribution is 2.29. The van der Waals surface area contributed by atoms with Gasteiger partial charge in [0.25, 0.3) is 5.91 Å². The highest BCUT2D eigenvalue weighted by atomic mass is 16.2. The fourth-order valence-corrected chi connectivity index (χ4v) is 2.29. The fourth-order valence-electron chi connectivity index (χ4n) is 2.29. The first-order valence-corrected chi connectivity index (χ1v) is 7.01. The van der Waals surface area contributed by atoms with Crippen molar-refractivity contribution in [2.75, 3.05) is 0 Å². The molecule has 3 heteroatoms. The summed E-state index contributed by atoms with van der Waals surface area (Å²) in [6.07, 6.45) is 3.90. The van der Waals surface area contributed by atoms with E-state index in [0.717, 1.165) is 18.5 Å². The Hall–Kier alpha value is -2.16. The third-order valence-electron chi connectivity index (χ3n) is 3.60. The Morgan fingerprint density at radius 2 is 1.95 bits per heavy atom.